The van der Waals surface area contributed by atoms with Crippen LogP contribution in [-0.2, 0) is 11.2 Å². The highest BCUT2D eigenvalue weighted by Crippen LogP contribution is 2.25. The third kappa shape index (κ3) is 3.58. The highest BCUT2D eigenvalue weighted by molar-refractivity contribution is 5.49. The Morgan fingerprint density at radius 2 is 2.00 bits per heavy atom. The Balaban J connectivity index is 2.19. The number of nitrogens with one attached hydrogen (secondary N) is 2. The first-order valence-corrected chi connectivity index (χ1v) is 7.24. The van der Waals surface area contributed by atoms with Crippen LogP contribution in [0.25, 0.3) is 0 Å². The van der Waals surface area contributed by atoms with E-state index in [1.165, 1.54) is 0 Å². The lowest BCUT2D eigenvalue weighted by molar-refractivity contribution is 0.0378. The van der Waals surface area contributed by atoms with Crippen LogP contribution < -0.4 is 10.6 Å². The number of aromatic nitrogens is 2. The molecule has 112 valence electrons. The zero-order valence-corrected chi connectivity index (χ0v) is 12.3. The average Bonchev–Trinajstić information content (AvgIpc) is 2.48. The Morgan fingerprint density at radius 3 is 2.60 bits per heavy atom. The van der Waals surface area contributed by atoms with Crippen LogP contribution in [-0.4, -0.2) is 47.5 Å². The number of aliphatic hydroxyl groups is 1. The van der Waals surface area contributed by atoms with Gasteiger partial charge in [-0.1, -0.05) is 6.92 Å². The van der Waals surface area contributed by atoms with E-state index in [1.807, 2.05) is 13.1 Å². The van der Waals surface area contributed by atoms with Gasteiger partial charge in [0, 0.05) is 32.7 Å². The molecule has 1 saturated heterocycles. The van der Waals surface area contributed by atoms with Gasteiger partial charge in [-0.15, -0.1) is 0 Å². The van der Waals surface area contributed by atoms with Crippen molar-refractivity contribution in [2.45, 2.75) is 38.1 Å². The molecule has 0 spiro atoms. The molecule has 2 rings (SSSR count). The predicted octanol–water partition coefficient (Wildman–Crippen LogP) is 1.42. The van der Waals surface area contributed by atoms with Crippen LogP contribution in [0.4, 0.5) is 11.6 Å². The van der Waals surface area contributed by atoms with E-state index in [0.717, 1.165) is 43.1 Å². The molecule has 0 bridgehead atoms. The predicted molar refractivity (Wildman–Crippen MR) is 79.1 cm³/mol. The second kappa shape index (κ2) is 6.85. The summed E-state index contributed by atoms with van der Waals surface area (Å²) in [5, 5.41) is 16.2. The molecule has 1 fully saturated rings. The fourth-order valence-corrected chi connectivity index (χ4v) is 2.38. The third-order valence-corrected chi connectivity index (χ3v) is 3.65. The number of hydrogen-bond donors (Lipinski definition) is 3. The molecule has 0 amide bonds. The van der Waals surface area contributed by atoms with E-state index in [9.17, 15) is 5.11 Å². The van der Waals surface area contributed by atoms with Crippen molar-refractivity contribution in [3.05, 3.63) is 11.9 Å². The number of aryl methyl sites for hydroxylation is 1. The SMILES string of the molecule is CCCc1nc(NC)cc(NC2(CO)CCOCC2)n1. The van der Waals surface area contributed by atoms with E-state index in [1.54, 1.807) is 0 Å². The smallest absolute Gasteiger partial charge is 0.133 e. The van der Waals surface area contributed by atoms with Crippen molar-refractivity contribution in [1.82, 2.24) is 9.97 Å². The molecule has 0 radical (unpaired) electrons. The Hall–Kier alpha value is -1.40. The molecule has 0 unspecified atom stereocenters. The molecule has 6 nitrogen and oxygen atoms in total. The van der Waals surface area contributed by atoms with Gasteiger partial charge in [0.25, 0.3) is 0 Å². The van der Waals surface area contributed by atoms with Crippen molar-refractivity contribution in [1.29, 1.82) is 0 Å². The van der Waals surface area contributed by atoms with Gasteiger partial charge in [-0.2, -0.15) is 0 Å². The van der Waals surface area contributed by atoms with E-state index in [2.05, 4.69) is 27.5 Å². The number of ether oxygens (including phenoxy) is 1. The average molecular weight is 280 g/mol. The van der Waals surface area contributed by atoms with Crippen molar-refractivity contribution in [3.63, 3.8) is 0 Å². The van der Waals surface area contributed by atoms with E-state index in [0.29, 0.717) is 13.2 Å². The Labute approximate surface area is 120 Å². The van der Waals surface area contributed by atoms with Crippen LogP contribution in [0.1, 0.15) is 32.0 Å². The van der Waals surface area contributed by atoms with E-state index >= 15 is 0 Å². The van der Waals surface area contributed by atoms with Crippen molar-refractivity contribution in [2.24, 2.45) is 0 Å². The maximum absolute atomic E-state index is 9.72. The zero-order chi connectivity index (χ0) is 14.4. The van der Waals surface area contributed by atoms with Crippen molar-refractivity contribution in [3.8, 4) is 0 Å². The molecule has 0 saturated carbocycles. The fourth-order valence-electron chi connectivity index (χ4n) is 2.38. The Morgan fingerprint density at radius 1 is 1.30 bits per heavy atom. The summed E-state index contributed by atoms with van der Waals surface area (Å²) in [7, 11) is 1.85. The maximum atomic E-state index is 9.72. The van der Waals surface area contributed by atoms with E-state index < -0.39 is 0 Å². The van der Waals surface area contributed by atoms with Gasteiger partial charge in [-0.25, -0.2) is 9.97 Å². The highest BCUT2D eigenvalue weighted by Gasteiger charge is 2.32. The van der Waals surface area contributed by atoms with Gasteiger partial charge in [0.2, 0.25) is 0 Å². The summed E-state index contributed by atoms with van der Waals surface area (Å²) in [4.78, 5) is 8.98. The molecule has 1 aromatic heterocycles. The minimum atomic E-state index is -0.332. The molecule has 0 aliphatic carbocycles. The first kappa shape index (κ1) is 15.0. The minimum absolute atomic E-state index is 0.0817. The van der Waals surface area contributed by atoms with Crippen LogP contribution in [0.5, 0.6) is 0 Å². The van der Waals surface area contributed by atoms with E-state index in [4.69, 9.17) is 4.74 Å². The van der Waals surface area contributed by atoms with Gasteiger partial charge in [0.1, 0.15) is 17.5 Å². The Kier molecular flexibility index (Phi) is 5.14. The number of nitrogens with zero attached hydrogens (tertiary/aromatic N) is 2. The second-order valence-electron chi connectivity index (χ2n) is 5.23. The first-order valence-electron chi connectivity index (χ1n) is 7.24. The maximum Gasteiger partial charge on any atom is 0.133 e. The lowest BCUT2D eigenvalue weighted by Gasteiger charge is -2.36. The van der Waals surface area contributed by atoms with Crippen LogP contribution >= 0.6 is 0 Å². The third-order valence-electron chi connectivity index (χ3n) is 3.65. The van der Waals surface area contributed by atoms with Gasteiger partial charge in [0.15, 0.2) is 0 Å². The van der Waals surface area contributed by atoms with Crippen LogP contribution in [0.2, 0.25) is 0 Å². The number of anilines is 2. The largest absolute Gasteiger partial charge is 0.394 e. The molecule has 6 heteroatoms. The second-order valence-corrected chi connectivity index (χ2v) is 5.23. The van der Waals surface area contributed by atoms with Crippen LogP contribution in [0.3, 0.4) is 0 Å². The first-order chi connectivity index (χ1) is 9.71. The van der Waals surface area contributed by atoms with Crippen molar-refractivity contribution < 1.29 is 9.84 Å². The molecule has 0 aromatic carbocycles. The summed E-state index contributed by atoms with van der Waals surface area (Å²) in [6.07, 6.45) is 3.42. The molecular formula is C14H24N4O2. The monoisotopic (exact) mass is 280 g/mol. The van der Waals surface area contributed by atoms with Gasteiger partial charge in [0.05, 0.1) is 12.1 Å². The van der Waals surface area contributed by atoms with Gasteiger partial charge in [-0.05, 0) is 19.3 Å². The van der Waals surface area contributed by atoms with Gasteiger partial charge >= 0.3 is 0 Å². The molecule has 3 N–H and O–H groups in total. The fraction of sp³-hybridized carbons (Fsp3) is 0.714. The summed E-state index contributed by atoms with van der Waals surface area (Å²) >= 11 is 0. The van der Waals surface area contributed by atoms with Crippen molar-refractivity contribution in [2.75, 3.05) is 37.5 Å². The number of hydrogen-bond acceptors (Lipinski definition) is 6. The summed E-state index contributed by atoms with van der Waals surface area (Å²) in [5.41, 5.74) is -0.332. The minimum Gasteiger partial charge on any atom is -0.394 e. The zero-order valence-electron chi connectivity index (χ0n) is 12.3. The molecule has 0 atom stereocenters. The van der Waals surface area contributed by atoms with E-state index in [-0.39, 0.29) is 12.1 Å². The van der Waals surface area contributed by atoms with Crippen LogP contribution in [0.15, 0.2) is 6.07 Å². The molecule has 1 aliphatic rings. The summed E-state index contributed by atoms with van der Waals surface area (Å²) < 4.78 is 5.38. The summed E-state index contributed by atoms with van der Waals surface area (Å²) in [6, 6.07) is 1.88. The lowest BCUT2D eigenvalue weighted by atomic mass is 9.91. The summed E-state index contributed by atoms with van der Waals surface area (Å²) in [6.45, 7) is 3.52. The Bertz CT molecular complexity index is 433. The number of aliphatic hydroxyl groups excluding tert-OH is 1. The molecule has 2 heterocycles. The van der Waals surface area contributed by atoms with Crippen LogP contribution in [0, 0.1) is 0 Å². The normalized spacial score (nSPS) is 17.8. The lowest BCUT2D eigenvalue weighted by Crippen LogP contribution is -2.47. The standard InChI is InChI=1S/C14H24N4O2/c1-3-4-11-16-12(15-2)9-13(17-11)18-14(10-19)5-7-20-8-6-14/h9,19H,3-8,10H2,1-2H3,(H2,15,16,17,18). The van der Waals surface area contributed by atoms with Gasteiger partial charge in [-0.3, -0.25) is 0 Å². The molecular weight excluding hydrogens is 256 g/mol. The molecule has 20 heavy (non-hydrogen) atoms. The van der Waals surface area contributed by atoms with Crippen molar-refractivity contribution >= 4 is 11.6 Å². The highest BCUT2D eigenvalue weighted by atomic mass is 16.5. The topological polar surface area (TPSA) is 79.3 Å². The summed E-state index contributed by atoms with van der Waals surface area (Å²) in [5.74, 6) is 2.39. The number of rotatable bonds is 6. The molecule has 1 aliphatic heterocycles. The molecule has 1 aromatic rings. The quantitative estimate of drug-likeness (QED) is 0.731. The van der Waals surface area contributed by atoms with Gasteiger partial charge < -0.3 is 20.5 Å².